The molecule has 310 valence electrons. The van der Waals surface area contributed by atoms with Gasteiger partial charge in [0, 0.05) is 71.8 Å². The van der Waals surface area contributed by atoms with E-state index in [1.807, 2.05) is 45.3 Å². The van der Waals surface area contributed by atoms with Crippen LogP contribution in [0, 0.1) is 27.2 Å². The smallest absolute Gasteiger partial charge is 0.328 e. The Bertz CT molecular complexity index is 2540. The molecule has 13 nitrogen and oxygen atoms in total. The molecule has 0 bridgehead atoms. The molecule has 0 unspecified atom stereocenters. The SMILES string of the molecule is Cc1cccc(N(C(=O)CCC[N+](C)(C)CCCC(=O)N(c2cccc(C(F)(F)F)c2)c2nc(-c3cccc([N+](=O)[O-])c3)cs2)c2nc(-c3cccc([N+](=O)[O-])c3)cs2)c1. The molecule has 0 saturated carbocycles. The summed E-state index contributed by atoms with van der Waals surface area (Å²) >= 11 is 2.28. The van der Waals surface area contributed by atoms with Gasteiger partial charge in [0.25, 0.3) is 11.4 Å². The average molecular weight is 859 g/mol. The van der Waals surface area contributed by atoms with Crippen molar-refractivity contribution >= 4 is 67.5 Å². The number of nitro benzene ring substituents is 2. The molecule has 0 aliphatic carbocycles. The number of thiazole rings is 2. The number of hydrogen-bond donors (Lipinski definition) is 0. The maximum absolute atomic E-state index is 13.9. The van der Waals surface area contributed by atoms with Gasteiger partial charge in [-0.3, -0.25) is 39.6 Å². The molecule has 18 heteroatoms. The van der Waals surface area contributed by atoms with Crippen LogP contribution in [0.3, 0.4) is 0 Å². The van der Waals surface area contributed by atoms with Gasteiger partial charge in [0.15, 0.2) is 10.3 Å². The Balaban J connectivity index is 1.13. The molecule has 2 amide bonds. The molecule has 0 saturated heterocycles. The first-order valence-electron chi connectivity index (χ1n) is 18.6. The van der Waals surface area contributed by atoms with Gasteiger partial charge in [-0.1, -0.05) is 42.5 Å². The van der Waals surface area contributed by atoms with E-state index >= 15 is 0 Å². The van der Waals surface area contributed by atoms with E-state index in [2.05, 4.69) is 4.98 Å². The van der Waals surface area contributed by atoms with Crippen molar-refractivity contribution in [3.8, 4) is 22.5 Å². The van der Waals surface area contributed by atoms with E-state index in [9.17, 15) is 43.0 Å². The van der Waals surface area contributed by atoms with Gasteiger partial charge in [-0.25, -0.2) is 9.97 Å². The van der Waals surface area contributed by atoms with Crippen molar-refractivity contribution in [3.63, 3.8) is 0 Å². The van der Waals surface area contributed by atoms with Crippen LogP contribution in [0.15, 0.2) is 108 Å². The van der Waals surface area contributed by atoms with Gasteiger partial charge >= 0.3 is 6.18 Å². The molecular weight excluding hydrogens is 820 g/mol. The quantitative estimate of drug-likeness (QED) is 0.0530. The molecule has 0 aliphatic heterocycles. The van der Waals surface area contributed by atoms with Crippen LogP contribution in [0.1, 0.15) is 36.8 Å². The number of benzene rings is 4. The van der Waals surface area contributed by atoms with Crippen LogP contribution in [0.5, 0.6) is 0 Å². The summed E-state index contributed by atoms with van der Waals surface area (Å²) in [5.41, 5.74) is 2.20. The second kappa shape index (κ2) is 18.3. The number of alkyl halides is 3. The predicted octanol–water partition coefficient (Wildman–Crippen LogP) is 10.7. The highest BCUT2D eigenvalue weighted by atomic mass is 32.1. The molecule has 0 atom stereocenters. The highest BCUT2D eigenvalue weighted by molar-refractivity contribution is 7.14. The highest BCUT2D eigenvalue weighted by Crippen LogP contribution is 2.38. The van der Waals surface area contributed by atoms with Crippen LogP contribution in [0.25, 0.3) is 22.5 Å². The summed E-state index contributed by atoms with van der Waals surface area (Å²) in [5.74, 6) is -0.675. The fourth-order valence-electron chi connectivity index (χ4n) is 6.52. The summed E-state index contributed by atoms with van der Waals surface area (Å²) in [7, 11) is 3.94. The summed E-state index contributed by atoms with van der Waals surface area (Å²) in [6.45, 7) is 2.99. The largest absolute Gasteiger partial charge is 0.416 e. The van der Waals surface area contributed by atoms with Crippen LogP contribution >= 0.6 is 22.7 Å². The Morgan fingerprint density at radius 1 is 0.683 bits per heavy atom. The normalized spacial score (nSPS) is 11.6. The number of carbonyl (C=O) groups is 2. The number of nitrogens with zero attached hydrogens (tertiary/aromatic N) is 7. The van der Waals surface area contributed by atoms with Crippen LogP contribution in [0.4, 0.5) is 46.2 Å². The number of quaternary nitrogens is 1. The zero-order chi connectivity index (χ0) is 43.2. The van der Waals surface area contributed by atoms with Crippen molar-refractivity contribution in [1.82, 2.24) is 9.97 Å². The third-order valence-electron chi connectivity index (χ3n) is 9.57. The fraction of sp³-hybridized carbons (Fsp3) is 0.238. The minimum atomic E-state index is -4.65. The number of amides is 2. The number of aryl methyl sites for hydroxylation is 1. The molecule has 0 spiro atoms. The number of non-ortho nitro benzene ring substituents is 2. The van der Waals surface area contributed by atoms with E-state index in [4.69, 9.17) is 4.98 Å². The number of rotatable bonds is 16. The van der Waals surface area contributed by atoms with Gasteiger partial charge in [0.1, 0.15) is 0 Å². The maximum Gasteiger partial charge on any atom is 0.416 e. The van der Waals surface area contributed by atoms with E-state index in [-0.39, 0.29) is 40.9 Å². The number of hydrogen-bond acceptors (Lipinski definition) is 10. The Morgan fingerprint density at radius 2 is 1.13 bits per heavy atom. The standard InChI is InChI=1S/C42H39F3N7O6S2/c1-28-10-4-14-32(22-28)48(40-46-36(26-59-40)29-11-5-16-34(23-29)50(55)56)38(53)18-8-20-52(2,3)21-9-19-39(54)49(33-15-7-13-31(25-33)42(43,44)45)41-47-37(27-60-41)30-12-6-17-35(24-30)51(57)58/h4-7,10-17,22-27H,8-9,18-21H2,1-3H3/q+1. The lowest BCUT2D eigenvalue weighted by molar-refractivity contribution is -0.890. The number of carbonyl (C=O) groups excluding carboxylic acids is 2. The molecular formula is C42H39F3N7O6S2+. The number of aromatic nitrogens is 2. The van der Waals surface area contributed by atoms with Crippen molar-refractivity contribution in [2.45, 2.75) is 38.8 Å². The van der Waals surface area contributed by atoms with Crippen molar-refractivity contribution in [1.29, 1.82) is 0 Å². The lowest BCUT2D eigenvalue weighted by atomic mass is 10.1. The molecule has 0 radical (unpaired) electrons. The van der Waals surface area contributed by atoms with E-state index in [0.29, 0.717) is 63.7 Å². The van der Waals surface area contributed by atoms with Gasteiger partial charge in [-0.15, -0.1) is 22.7 Å². The molecule has 2 aromatic heterocycles. The van der Waals surface area contributed by atoms with Crippen molar-refractivity contribution in [2.75, 3.05) is 37.0 Å². The third-order valence-corrected chi connectivity index (χ3v) is 11.2. The van der Waals surface area contributed by atoms with Crippen LogP contribution in [0.2, 0.25) is 0 Å². The van der Waals surface area contributed by atoms with Crippen molar-refractivity contribution in [2.24, 2.45) is 0 Å². The maximum atomic E-state index is 13.9. The minimum absolute atomic E-state index is 0.0161. The first kappa shape index (κ1) is 43.2. The number of nitro groups is 2. The second-order valence-corrected chi connectivity index (χ2v) is 16.3. The molecule has 60 heavy (non-hydrogen) atoms. The van der Waals surface area contributed by atoms with Crippen LogP contribution < -0.4 is 9.80 Å². The van der Waals surface area contributed by atoms with Gasteiger partial charge in [-0.2, -0.15) is 13.2 Å². The van der Waals surface area contributed by atoms with E-state index in [0.717, 1.165) is 33.9 Å². The topological polar surface area (TPSA) is 153 Å². The van der Waals surface area contributed by atoms with E-state index in [1.54, 1.807) is 33.9 Å². The highest BCUT2D eigenvalue weighted by Gasteiger charge is 2.32. The third kappa shape index (κ3) is 10.6. The van der Waals surface area contributed by atoms with Crippen LogP contribution in [-0.2, 0) is 15.8 Å². The van der Waals surface area contributed by atoms with Gasteiger partial charge < -0.3 is 4.48 Å². The second-order valence-electron chi connectivity index (χ2n) is 14.6. The van der Waals surface area contributed by atoms with E-state index in [1.165, 1.54) is 53.8 Å². The molecule has 6 rings (SSSR count). The lowest BCUT2D eigenvalue weighted by Crippen LogP contribution is -2.42. The fourth-order valence-corrected chi connectivity index (χ4v) is 8.26. The number of halogens is 3. The lowest BCUT2D eigenvalue weighted by Gasteiger charge is -2.30. The average Bonchev–Trinajstić information content (AvgIpc) is 3.89. The Morgan fingerprint density at radius 3 is 1.58 bits per heavy atom. The monoisotopic (exact) mass is 858 g/mol. The van der Waals surface area contributed by atoms with Gasteiger partial charge in [0.2, 0.25) is 11.8 Å². The molecule has 4 aromatic carbocycles. The van der Waals surface area contributed by atoms with Gasteiger partial charge in [-0.05, 0) is 42.8 Å². The predicted molar refractivity (Wildman–Crippen MR) is 226 cm³/mol. The Labute approximate surface area is 350 Å². The molecule has 2 heterocycles. The molecule has 6 aromatic rings. The first-order chi connectivity index (χ1) is 28.5. The summed E-state index contributed by atoms with van der Waals surface area (Å²) < 4.78 is 41.7. The molecule has 0 fully saturated rings. The van der Waals surface area contributed by atoms with Crippen molar-refractivity contribution in [3.05, 3.63) is 139 Å². The molecule has 0 aliphatic rings. The summed E-state index contributed by atoms with van der Waals surface area (Å²) in [6, 6.07) is 23.8. The van der Waals surface area contributed by atoms with Crippen LogP contribution in [-0.4, -0.2) is 63.3 Å². The first-order valence-corrected chi connectivity index (χ1v) is 20.4. The zero-order valence-corrected chi connectivity index (χ0v) is 34.3. The summed E-state index contributed by atoms with van der Waals surface area (Å²) in [6.07, 6.45) is -3.66. The Hall–Kier alpha value is -6.37. The summed E-state index contributed by atoms with van der Waals surface area (Å²) in [5, 5.41) is 26.6. The Kier molecular flexibility index (Phi) is 13.2. The molecule has 0 N–H and O–H groups in total. The summed E-state index contributed by atoms with van der Waals surface area (Å²) in [4.78, 5) is 61.5. The van der Waals surface area contributed by atoms with E-state index < -0.39 is 27.5 Å². The van der Waals surface area contributed by atoms with Crippen molar-refractivity contribution < 1.29 is 37.1 Å². The zero-order valence-electron chi connectivity index (χ0n) is 32.7. The minimum Gasteiger partial charge on any atom is -0.328 e. The number of anilines is 4. The van der Waals surface area contributed by atoms with Gasteiger partial charge in [0.05, 0.1) is 65.4 Å².